The first kappa shape index (κ1) is 50.8. The van der Waals surface area contributed by atoms with Gasteiger partial charge in [0.2, 0.25) is 5.91 Å². The standard InChI is InChI=1S/C55H65ClF2N12O4/c1-54(2)51(55(3,4)52(54)74-40-14-11-36(29-59)44(56)27-40)62-50(72)34-9-12-38(13-10-34)66-24-22-65(23-25-66)33-47(71)67-19-15-39(16-20-67)70-45-17-21-68(53(73)60-5)32-43(45)49(63-70)69-18-7-8-35-26-41(37-30-61-64(6)31-37)42(48(57)58)28-46(35)69/h9-14,26-28,30-31,39,48,51-52H,7-8,15-25,32-33H2,1-6H3,(H,60,73)(H,62,72). The maximum Gasteiger partial charge on any atom is 0.317 e. The Kier molecular flexibility index (Phi) is 13.9. The number of rotatable bonds is 11. The minimum Gasteiger partial charge on any atom is -0.489 e. The van der Waals surface area contributed by atoms with Crippen LogP contribution in [0.3, 0.4) is 0 Å². The van der Waals surface area contributed by atoms with E-state index in [0.717, 1.165) is 80.1 Å². The summed E-state index contributed by atoms with van der Waals surface area (Å²) in [6.07, 6.45) is 4.09. The lowest BCUT2D eigenvalue weighted by atomic mass is 9.49. The number of ether oxygens (including phenoxy) is 1. The fourth-order valence-corrected chi connectivity index (χ4v) is 12.8. The molecule has 5 aromatic rings. The normalized spacial score (nSPS) is 20.6. The highest BCUT2D eigenvalue weighted by atomic mass is 35.5. The molecule has 390 valence electrons. The van der Waals surface area contributed by atoms with Crippen LogP contribution in [0.1, 0.15) is 97.7 Å². The van der Waals surface area contributed by atoms with Crippen molar-refractivity contribution in [3.8, 4) is 22.9 Å². The van der Waals surface area contributed by atoms with E-state index in [1.807, 2.05) is 35.2 Å². The molecule has 10 rings (SSSR count). The molecule has 2 aromatic heterocycles. The number of piperidine rings is 1. The van der Waals surface area contributed by atoms with Crippen LogP contribution in [0.4, 0.5) is 30.8 Å². The Balaban J connectivity index is 0.743. The Morgan fingerprint density at radius 2 is 1.65 bits per heavy atom. The first-order chi connectivity index (χ1) is 35.4. The van der Waals surface area contributed by atoms with Gasteiger partial charge in [-0.1, -0.05) is 39.3 Å². The Bertz CT molecular complexity index is 2970. The maximum atomic E-state index is 14.8. The van der Waals surface area contributed by atoms with Crippen LogP contribution in [0, 0.1) is 22.2 Å². The van der Waals surface area contributed by atoms with Crippen molar-refractivity contribution in [2.45, 2.75) is 91.0 Å². The van der Waals surface area contributed by atoms with Crippen molar-refractivity contribution in [1.82, 2.24) is 44.9 Å². The molecular weight excluding hydrogens is 966 g/mol. The highest BCUT2D eigenvalue weighted by Crippen LogP contribution is 2.56. The Morgan fingerprint density at radius 3 is 2.30 bits per heavy atom. The van der Waals surface area contributed by atoms with Crippen LogP contribution in [0.5, 0.6) is 5.75 Å². The van der Waals surface area contributed by atoms with E-state index in [1.54, 1.807) is 60.3 Å². The molecule has 19 heteroatoms. The van der Waals surface area contributed by atoms with Gasteiger partial charge in [-0.05, 0) is 85.3 Å². The molecule has 0 unspecified atom stereocenters. The van der Waals surface area contributed by atoms with E-state index >= 15 is 0 Å². The third-order valence-electron chi connectivity index (χ3n) is 16.3. The molecule has 0 atom stereocenters. The molecule has 0 bridgehead atoms. The lowest BCUT2D eigenvalue weighted by Crippen LogP contribution is -2.74. The third-order valence-corrected chi connectivity index (χ3v) is 16.6. The number of nitrogens with one attached hydrogen (secondary N) is 2. The van der Waals surface area contributed by atoms with Crippen molar-refractivity contribution in [3.05, 3.63) is 106 Å². The summed E-state index contributed by atoms with van der Waals surface area (Å²) in [6.45, 7) is 14.3. The molecule has 16 nitrogen and oxygen atoms in total. The number of likely N-dealkylation sites (tertiary alicyclic amines) is 1. The molecule has 5 aliphatic rings. The second-order valence-electron chi connectivity index (χ2n) is 21.7. The van der Waals surface area contributed by atoms with Gasteiger partial charge in [0.15, 0.2) is 5.82 Å². The summed E-state index contributed by atoms with van der Waals surface area (Å²) in [7, 11) is 3.40. The summed E-state index contributed by atoms with van der Waals surface area (Å²) in [5, 5.41) is 25.2. The number of hydrogen-bond donors (Lipinski definition) is 2. The number of carbonyl (C=O) groups excluding carboxylic acids is 3. The van der Waals surface area contributed by atoms with Crippen molar-refractivity contribution >= 4 is 46.6 Å². The number of aryl methyl sites for hydroxylation is 2. The molecular formula is C55H65ClF2N12O4. The fraction of sp³-hybridized carbons (Fsp3) is 0.491. The lowest BCUT2D eigenvalue weighted by molar-refractivity contribution is -0.164. The van der Waals surface area contributed by atoms with Crippen molar-refractivity contribution in [2.24, 2.45) is 17.9 Å². The number of fused-ring (bicyclic) bond motifs is 2. The van der Waals surface area contributed by atoms with Gasteiger partial charge in [0.1, 0.15) is 17.9 Å². The van der Waals surface area contributed by atoms with E-state index in [1.165, 1.54) is 0 Å². The number of urea groups is 1. The molecule has 3 fully saturated rings. The first-order valence-electron chi connectivity index (χ1n) is 25.8. The number of benzene rings is 3. The number of nitriles is 1. The zero-order valence-electron chi connectivity index (χ0n) is 43.0. The Hall–Kier alpha value is -6.71. The molecule has 1 aliphatic carbocycles. The topological polar surface area (TPSA) is 160 Å². The largest absolute Gasteiger partial charge is 0.489 e. The van der Waals surface area contributed by atoms with Gasteiger partial charge in [0.25, 0.3) is 12.3 Å². The van der Waals surface area contributed by atoms with E-state index in [4.69, 9.17) is 21.4 Å². The average molecular weight is 1030 g/mol. The molecule has 0 radical (unpaired) electrons. The van der Waals surface area contributed by atoms with E-state index in [2.05, 4.69) is 68.9 Å². The van der Waals surface area contributed by atoms with Crippen LogP contribution in [-0.4, -0.2) is 130 Å². The Morgan fingerprint density at radius 1 is 0.919 bits per heavy atom. The van der Waals surface area contributed by atoms with E-state index in [0.29, 0.717) is 84.5 Å². The average Bonchev–Trinajstić information content (AvgIpc) is 4.02. The molecule has 2 saturated heterocycles. The number of piperazine rings is 1. The van der Waals surface area contributed by atoms with Crippen LogP contribution < -0.4 is 25.2 Å². The second-order valence-corrected chi connectivity index (χ2v) is 22.1. The molecule has 0 spiro atoms. The van der Waals surface area contributed by atoms with Gasteiger partial charge in [-0.25, -0.2) is 13.6 Å². The summed E-state index contributed by atoms with van der Waals surface area (Å²) < 4.78 is 39.8. The number of halogens is 3. The van der Waals surface area contributed by atoms with E-state index in [9.17, 15) is 28.4 Å². The lowest BCUT2D eigenvalue weighted by Gasteiger charge is -2.63. The van der Waals surface area contributed by atoms with Crippen molar-refractivity contribution in [1.29, 1.82) is 5.26 Å². The van der Waals surface area contributed by atoms with Crippen LogP contribution in [0.25, 0.3) is 11.1 Å². The molecule has 74 heavy (non-hydrogen) atoms. The number of amides is 4. The van der Waals surface area contributed by atoms with Crippen LogP contribution >= 0.6 is 11.6 Å². The molecule has 4 amide bonds. The summed E-state index contributed by atoms with van der Waals surface area (Å²) >= 11 is 6.28. The van der Waals surface area contributed by atoms with Crippen molar-refractivity contribution < 1.29 is 27.9 Å². The van der Waals surface area contributed by atoms with Gasteiger partial charge in [-0.15, -0.1) is 0 Å². The molecule has 4 aliphatic heterocycles. The molecule has 3 aromatic carbocycles. The maximum absolute atomic E-state index is 14.8. The summed E-state index contributed by atoms with van der Waals surface area (Å²) in [6, 6.07) is 18.1. The minimum atomic E-state index is -2.69. The number of hydrogen-bond acceptors (Lipinski definition) is 10. The van der Waals surface area contributed by atoms with Gasteiger partial charge in [-0.2, -0.15) is 15.5 Å². The second kappa shape index (κ2) is 20.2. The van der Waals surface area contributed by atoms with Gasteiger partial charge in [0, 0.05) is 141 Å². The zero-order valence-corrected chi connectivity index (χ0v) is 43.8. The Labute approximate surface area is 436 Å². The number of carbonyl (C=O) groups is 3. The predicted octanol–water partition coefficient (Wildman–Crippen LogP) is 8.13. The van der Waals surface area contributed by atoms with E-state index < -0.39 is 6.43 Å². The molecule has 2 N–H and O–H groups in total. The van der Waals surface area contributed by atoms with Crippen molar-refractivity contribution in [3.63, 3.8) is 0 Å². The summed E-state index contributed by atoms with van der Waals surface area (Å²) in [4.78, 5) is 50.8. The van der Waals surface area contributed by atoms with Gasteiger partial charge < -0.3 is 35.0 Å². The smallest absolute Gasteiger partial charge is 0.317 e. The molecule has 1 saturated carbocycles. The number of aromatic nitrogens is 4. The summed E-state index contributed by atoms with van der Waals surface area (Å²) in [5.74, 6) is 1.25. The summed E-state index contributed by atoms with van der Waals surface area (Å²) in [5.41, 5.74) is 5.99. The number of nitrogens with zero attached hydrogens (tertiary/aromatic N) is 10. The highest BCUT2D eigenvalue weighted by Gasteiger charge is 2.64. The van der Waals surface area contributed by atoms with Crippen LogP contribution in [0.2, 0.25) is 5.02 Å². The minimum absolute atomic E-state index is 0.0355. The number of anilines is 3. The fourth-order valence-electron chi connectivity index (χ4n) is 12.6. The quantitative estimate of drug-likeness (QED) is 0.132. The van der Waals surface area contributed by atoms with Crippen LogP contribution in [0.15, 0.2) is 67.0 Å². The third kappa shape index (κ3) is 9.53. The monoisotopic (exact) mass is 1030 g/mol. The SMILES string of the molecule is CNC(=O)N1CCc2c(c(N3CCCc4cc(-c5cnn(C)c5)c(C(F)F)cc43)nn2C2CCN(C(=O)CN3CCN(c4ccc(C(=O)NC5C(C)(C)C(Oc6ccc(C#N)c(Cl)c6)C5(C)C)cc4)CC3)CC2)C1. The van der Waals surface area contributed by atoms with Crippen molar-refractivity contribution in [2.75, 3.05) is 75.8 Å². The van der Waals surface area contributed by atoms with E-state index in [-0.39, 0.29) is 52.4 Å². The number of alkyl halides is 2. The van der Waals surface area contributed by atoms with Crippen LogP contribution in [-0.2, 0) is 31.2 Å². The van der Waals surface area contributed by atoms with Gasteiger partial charge in [-0.3, -0.25) is 23.9 Å². The zero-order chi connectivity index (χ0) is 52.2. The predicted molar refractivity (Wildman–Crippen MR) is 279 cm³/mol. The first-order valence-corrected chi connectivity index (χ1v) is 26.1. The molecule has 6 heterocycles. The van der Waals surface area contributed by atoms with Gasteiger partial charge >= 0.3 is 6.03 Å². The van der Waals surface area contributed by atoms with Gasteiger partial charge in [0.05, 0.1) is 35.9 Å². The highest BCUT2D eigenvalue weighted by molar-refractivity contribution is 6.31.